The molecule has 0 saturated carbocycles. The summed E-state index contributed by atoms with van der Waals surface area (Å²) in [4.78, 5) is 37.9. The Morgan fingerprint density at radius 1 is 1.17 bits per heavy atom. The van der Waals surface area contributed by atoms with E-state index in [-0.39, 0.29) is 37.3 Å². The van der Waals surface area contributed by atoms with Gasteiger partial charge < -0.3 is 15.3 Å². The topological polar surface area (TPSA) is 89.9 Å². The number of halogens is 2. The minimum Gasteiger partial charge on any atom is -0.480 e. The van der Waals surface area contributed by atoms with Crippen molar-refractivity contribution < 1.29 is 19.5 Å². The van der Waals surface area contributed by atoms with Gasteiger partial charge in [0.25, 0.3) is 5.91 Å². The molecular formula is C15H19Cl2N3O4. The van der Waals surface area contributed by atoms with E-state index in [9.17, 15) is 14.4 Å². The van der Waals surface area contributed by atoms with E-state index in [4.69, 9.17) is 16.7 Å². The Hall–Kier alpha value is -1.83. The van der Waals surface area contributed by atoms with E-state index in [1.54, 1.807) is 29.2 Å². The van der Waals surface area contributed by atoms with E-state index < -0.39 is 5.97 Å². The fourth-order valence-electron chi connectivity index (χ4n) is 2.35. The number of aliphatic carboxylic acids is 1. The molecule has 132 valence electrons. The SMILES string of the molecule is Cl.O=C(O)CNC(=O)CN1CCN(C(=O)c2cccc(Cl)c2)CC1. The first-order valence-electron chi connectivity index (χ1n) is 7.21. The predicted molar refractivity (Wildman–Crippen MR) is 91.7 cm³/mol. The van der Waals surface area contributed by atoms with E-state index in [0.717, 1.165) is 0 Å². The van der Waals surface area contributed by atoms with Gasteiger partial charge in [0, 0.05) is 36.8 Å². The summed E-state index contributed by atoms with van der Waals surface area (Å²) in [6.45, 7) is 1.90. The second kappa shape index (κ2) is 9.46. The lowest BCUT2D eigenvalue weighted by Gasteiger charge is -2.34. The van der Waals surface area contributed by atoms with Gasteiger partial charge in [0.1, 0.15) is 6.54 Å². The van der Waals surface area contributed by atoms with Crippen molar-refractivity contribution in [3.8, 4) is 0 Å². The van der Waals surface area contributed by atoms with Gasteiger partial charge in [-0.1, -0.05) is 17.7 Å². The summed E-state index contributed by atoms with van der Waals surface area (Å²) < 4.78 is 0. The number of carboxylic acids is 1. The number of piperazine rings is 1. The van der Waals surface area contributed by atoms with Gasteiger partial charge in [-0.25, -0.2) is 0 Å². The van der Waals surface area contributed by atoms with Gasteiger partial charge in [0.2, 0.25) is 5.91 Å². The summed E-state index contributed by atoms with van der Waals surface area (Å²) in [5.74, 6) is -1.49. The largest absolute Gasteiger partial charge is 0.480 e. The Labute approximate surface area is 151 Å². The Bertz CT molecular complexity index is 604. The lowest BCUT2D eigenvalue weighted by molar-refractivity contribution is -0.138. The molecule has 1 aliphatic heterocycles. The number of carbonyl (C=O) groups excluding carboxylic acids is 2. The summed E-state index contributed by atoms with van der Waals surface area (Å²) in [7, 11) is 0. The summed E-state index contributed by atoms with van der Waals surface area (Å²) in [6.07, 6.45) is 0. The number of nitrogens with one attached hydrogen (secondary N) is 1. The Morgan fingerprint density at radius 3 is 2.42 bits per heavy atom. The molecule has 0 unspecified atom stereocenters. The Balaban J connectivity index is 0.00000288. The first kappa shape index (κ1) is 20.2. The number of hydrogen-bond donors (Lipinski definition) is 2. The highest BCUT2D eigenvalue weighted by atomic mass is 35.5. The maximum Gasteiger partial charge on any atom is 0.322 e. The zero-order chi connectivity index (χ0) is 16.8. The standard InChI is InChI=1S/C15H18ClN3O4.ClH/c16-12-3-1-2-11(8-12)15(23)19-6-4-18(5-7-19)10-13(20)17-9-14(21)22;/h1-3,8H,4-7,9-10H2,(H,17,20)(H,21,22);1H. The molecular weight excluding hydrogens is 357 g/mol. The van der Waals surface area contributed by atoms with Crippen LogP contribution in [0.5, 0.6) is 0 Å². The lowest BCUT2D eigenvalue weighted by Crippen LogP contribution is -2.51. The number of amides is 2. The molecule has 24 heavy (non-hydrogen) atoms. The van der Waals surface area contributed by atoms with Crippen LogP contribution in [0, 0.1) is 0 Å². The molecule has 1 saturated heterocycles. The van der Waals surface area contributed by atoms with Crippen LogP contribution in [-0.2, 0) is 9.59 Å². The Morgan fingerprint density at radius 2 is 1.83 bits per heavy atom. The number of carboxylic acid groups (broad SMARTS) is 1. The van der Waals surface area contributed by atoms with Crippen molar-refractivity contribution in [2.24, 2.45) is 0 Å². The molecule has 0 atom stereocenters. The zero-order valence-corrected chi connectivity index (χ0v) is 14.5. The second-order valence-corrected chi connectivity index (χ2v) is 5.69. The van der Waals surface area contributed by atoms with Gasteiger partial charge in [-0.2, -0.15) is 0 Å². The molecule has 0 radical (unpaired) electrons. The van der Waals surface area contributed by atoms with Crippen LogP contribution in [0.4, 0.5) is 0 Å². The molecule has 2 rings (SSSR count). The summed E-state index contributed by atoms with van der Waals surface area (Å²) in [5, 5.41) is 11.3. The van der Waals surface area contributed by atoms with Crippen molar-refractivity contribution in [1.82, 2.24) is 15.1 Å². The van der Waals surface area contributed by atoms with E-state index in [1.165, 1.54) is 0 Å². The van der Waals surface area contributed by atoms with Crippen molar-refractivity contribution in [2.45, 2.75) is 0 Å². The van der Waals surface area contributed by atoms with Crippen LogP contribution in [0.15, 0.2) is 24.3 Å². The molecule has 9 heteroatoms. The lowest BCUT2D eigenvalue weighted by atomic mass is 10.2. The third-order valence-electron chi connectivity index (χ3n) is 3.54. The molecule has 0 aromatic heterocycles. The van der Waals surface area contributed by atoms with Gasteiger partial charge in [-0.05, 0) is 18.2 Å². The van der Waals surface area contributed by atoms with Gasteiger partial charge in [0.05, 0.1) is 6.54 Å². The highest BCUT2D eigenvalue weighted by molar-refractivity contribution is 6.30. The van der Waals surface area contributed by atoms with Crippen LogP contribution < -0.4 is 5.32 Å². The Kier molecular flexibility index (Phi) is 7.97. The maximum absolute atomic E-state index is 12.4. The van der Waals surface area contributed by atoms with Crippen molar-refractivity contribution in [1.29, 1.82) is 0 Å². The fourth-order valence-corrected chi connectivity index (χ4v) is 2.54. The van der Waals surface area contributed by atoms with Crippen LogP contribution in [0.1, 0.15) is 10.4 Å². The van der Waals surface area contributed by atoms with Gasteiger partial charge in [-0.15, -0.1) is 12.4 Å². The molecule has 7 nitrogen and oxygen atoms in total. The van der Waals surface area contributed by atoms with Crippen LogP contribution in [0.25, 0.3) is 0 Å². The van der Waals surface area contributed by atoms with Crippen LogP contribution in [0.2, 0.25) is 5.02 Å². The van der Waals surface area contributed by atoms with Crippen molar-refractivity contribution >= 4 is 41.8 Å². The number of rotatable bonds is 5. The van der Waals surface area contributed by atoms with Crippen molar-refractivity contribution in [3.05, 3.63) is 34.9 Å². The summed E-state index contributed by atoms with van der Waals surface area (Å²) in [6, 6.07) is 6.81. The van der Waals surface area contributed by atoms with Crippen LogP contribution >= 0.6 is 24.0 Å². The quantitative estimate of drug-likeness (QED) is 0.791. The molecule has 0 aliphatic carbocycles. The number of nitrogens with zero attached hydrogens (tertiary/aromatic N) is 2. The van der Waals surface area contributed by atoms with E-state index in [1.807, 2.05) is 4.90 Å². The van der Waals surface area contributed by atoms with E-state index >= 15 is 0 Å². The molecule has 0 spiro atoms. The monoisotopic (exact) mass is 375 g/mol. The third kappa shape index (κ3) is 5.99. The minimum atomic E-state index is -1.07. The third-order valence-corrected chi connectivity index (χ3v) is 3.77. The normalized spacial score (nSPS) is 14.6. The minimum absolute atomic E-state index is 0. The van der Waals surface area contributed by atoms with Gasteiger partial charge in [0.15, 0.2) is 0 Å². The number of hydrogen-bond acceptors (Lipinski definition) is 4. The van der Waals surface area contributed by atoms with Crippen molar-refractivity contribution in [2.75, 3.05) is 39.3 Å². The molecule has 1 heterocycles. The smallest absolute Gasteiger partial charge is 0.322 e. The summed E-state index contributed by atoms with van der Waals surface area (Å²) in [5.41, 5.74) is 0.546. The van der Waals surface area contributed by atoms with Crippen LogP contribution in [-0.4, -0.2) is 72.0 Å². The fraction of sp³-hybridized carbons (Fsp3) is 0.400. The van der Waals surface area contributed by atoms with Gasteiger partial charge >= 0.3 is 5.97 Å². The average molecular weight is 376 g/mol. The summed E-state index contributed by atoms with van der Waals surface area (Å²) >= 11 is 5.90. The first-order valence-corrected chi connectivity index (χ1v) is 7.59. The zero-order valence-electron chi connectivity index (χ0n) is 12.9. The van der Waals surface area contributed by atoms with Gasteiger partial charge in [-0.3, -0.25) is 19.3 Å². The van der Waals surface area contributed by atoms with E-state index in [0.29, 0.717) is 36.8 Å². The molecule has 1 fully saturated rings. The molecule has 1 aliphatic rings. The number of benzene rings is 1. The first-order chi connectivity index (χ1) is 11.0. The van der Waals surface area contributed by atoms with E-state index in [2.05, 4.69) is 5.32 Å². The number of carbonyl (C=O) groups is 3. The molecule has 0 bridgehead atoms. The maximum atomic E-state index is 12.4. The molecule has 1 aromatic rings. The highest BCUT2D eigenvalue weighted by Gasteiger charge is 2.23. The van der Waals surface area contributed by atoms with Crippen molar-refractivity contribution in [3.63, 3.8) is 0 Å². The average Bonchev–Trinajstić information content (AvgIpc) is 2.53. The highest BCUT2D eigenvalue weighted by Crippen LogP contribution is 2.14. The second-order valence-electron chi connectivity index (χ2n) is 5.25. The molecule has 2 amide bonds. The van der Waals surface area contributed by atoms with Crippen LogP contribution in [0.3, 0.4) is 0 Å². The predicted octanol–water partition coefficient (Wildman–Crippen LogP) is 0.720. The molecule has 2 N–H and O–H groups in total. The molecule has 1 aromatic carbocycles.